The molecule has 1 fully saturated rings. The number of aromatic nitrogens is 3. The summed E-state index contributed by atoms with van der Waals surface area (Å²) < 4.78 is 15.7. The number of aromatic carboxylic acids is 1. The Morgan fingerprint density at radius 1 is 1.33 bits per heavy atom. The number of hydrogen-bond donors (Lipinski definition) is 1. The summed E-state index contributed by atoms with van der Waals surface area (Å²) in [5, 5.41) is 14.7. The first-order valence-corrected chi connectivity index (χ1v) is 7.96. The standard InChI is InChI=1S/C18H16FN3O2/c19-12-4-5-17-15(9-12)16(21-22(17)13-2-1-3-13)8-11-10-20-7-6-14(11)18(23)24/h4-7,9-10,13H,1-3,8H2,(H,23,24). The van der Waals surface area contributed by atoms with Crippen LogP contribution in [0.5, 0.6) is 0 Å². The van der Waals surface area contributed by atoms with E-state index >= 15 is 0 Å². The Morgan fingerprint density at radius 3 is 2.88 bits per heavy atom. The number of carboxylic acids is 1. The third kappa shape index (κ3) is 2.44. The summed E-state index contributed by atoms with van der Waals surface area (Å²) in [5.74, 6) is -1.32. The van der Waals surface area contributed by atoms with Crippen LogP contribution in [-0.2, 0) is 6.42 Å². The van der Waals surface area contributed by atoms with E-state index < -0.39 is 5.97 Å². The minimum Gasteiger partial charge on any atom is -0.478 e. The molecule has 24 heavy (non-hydrogen) atoms. The molecule has 0 amide bonds. The maximum Gasteiger partial charge on any atom is 0.336 e. The van der Waals surface area contributed by atoms with Gasteiger partial charge in [-0.25, -0.2) is 9.18 Å². The highest BCUT2D eigenvalue weighted by atomic mass is 19.1. The molecule has 4 rings (SSSR count). The summed E-state index contributed by atoms with van der Waals surface area (Å²) in [6, 6.07) is 6.49. The molecule has 2 heterocycles. The third-order valence-corrected chi connectivity index (χ3v) is 4.66. The van der Waals surface area contributed by atoms with Gasteiger partial charge in [-0.1, -0.05) is 0 Å². The number of carbonyl (C=O) groups is 1. The number of hydrogen-bond acceptors (Lipinski definition) is 3. The molecular weight excluding hydrogens is 309 g/mol. The van der Waals surface area contributed by atoms with E-state index in [1.165, 1.54) is 37.0 Å². The van der Waals surface area contributed by atoms with Gasteiger partial charge in [-0.2, -0.15) is 5.10 Å². The van der Waals surface area contributed by atoms with Gasteiger partial charge in [-0.15, -0.1) is 0 Å². The van der Waals surface area contributed by atoms with Crippen molar-refractivity contribution in [2.24, 2.45) is 0 Å². The first-order valence-electron chi connectivity index (χ1n) is 7.96. The summed E-state index contributed by atoms with van der Waals surface area (Å²) in [4.78, 5) is 15.4. The normalized spacial score (nSPS) is 14.7. The molecule has 6 heteroatoms. The smallest absolute Gasteiger partial charge is 0.336 e. The van der Waals surface area contributed by atoms with E-state index in [2.05, 4.69) is 10.1 Å². The summed E-state index contributed by atoms with van der Waals surface area (Å²) in [7, 11) is 0. The molecule has 2 aromatic heterocycles. The van der Waals surface area contributed by atoms with Crippen LogP contribution in [0.4, 0.5) is 4.39 Å². The predicted octanol–water partition coefficient (Wildman–Crippen LogP) is 3.58. The van der Waals surface area contributed by atoms with Crippen molar-refractivity contribution in [3.05, 3.63) is 59.3 Å². The highest BCUT2D eigenvalue weighted by Gasteiger charge is 2.24. The maximum absolute atomic E-state index is 13.7. The van der Waals surface area contributed by atoms with E-state index in [0.717, 1.165) is 23.7 Å². The number of nitrogens with zero attached hydrogens (tertiary/aromatic N) is 3. The van der Waals surface area contributed by atoms with Crippen LogP contribution in [0.25, 0.3) is 10.9 Å². The maximum atomic E-state index is 13.7. The minimum atomic E-state index is -0.999. The van der Waals surface area contributed by atoms with E-state index in [0.29, 0.717) is 23.7 Å². The molecule has 0 unspecified atom stereocenters. The summed E-state index contributed by atoms with van der Waals surface area (Å²) in [6.07, 6.45) is 6.62. The van der Waals surface area contributed by atoms with Crippen LogP contribution < -0.4 is 0 Å². The molecule has 122 valence electrons. The van der Waals surface area contributed by atoms with Gasteiger partial charge in [0.2, 0.25) is 0 Å². The fraction of sp³-hybridized carbons (Fsp3) is 0.278. The lowest BCUT2D eigenvalue weighted by Crippen LogP contribution is -2.18. The highest BCUT2D eigenvalue weighted by molar-refractivity contribution is 5.89. The molecule has 1 aliphatic carbocycles. The molecular formula is C18H16FN3O2. The zero-order chi connectivity index (χ0) is 16.7. The first kappa shape index (κ1) is 14.8. The average Bonchev–Trinajstić information content (AvgIpc) is 2.84. The molecule has 1 aliphatic rings. The Morgan fingerprint density at radius 2 is 2.17 bits per heavy atom. The number of benzene rings is 1. The lowest BCUT2D eigenvalue weighted by atomic mass is 9.93. The van der Waals surface area contributed by atoms with Crippen molar-refractivity contribution in [3.8, 4) is 0 Å². The second kappa shape index (κ2) is 5.70. The quantitative estimate of drug-likeness (QED) is 0.796. The topological polar surface area (TPSA) is 68.0 Å². The van der Waals surface area contributed by atoms with Crippen molar-refractivity contribution < 1.29 is 14.3 Å². The van der Waals surface area contributed by atoms with Crippen LogP contribution in [0.3, 0.4) is 0 Å². The zero-order valence-corrected chi connectivity index (χ0v) is 12.9. The monoisotopic (exact) mass is 325 g/mol. The molecule has 5 nitrogen and oxygen atoms in total. The molecule has 1 saturated carbocycles. The van der Waals surface area contributed by atoms with E-state index in [4.69, 9.17) is 0 Å². The molecule has 1 aromatic carbocycles. The number of halogens is 1. The van der Waals surface area contributed by atoms with Crippen molar-refractivity contribution in [2.75, 3.05) is 0 Å². The molecule has 0 spiro atoms. The van der Waals surface area contributed by atoms with Crippen LogP contribution in [0, 0.1) is 5.82 Å². The molecule has 0 aliphatic heterocycles. The van der Waals surface area contributed by atoms with Crippen LogP contribution in [0.2, 0.25) is 0 Å². The van der Waals surface area contributed by atoms with Gasteiger partial charge in [0.05, 0.1) is 22.8 Å². The van der Waals surface area contributed by atoms with E-state index in [-0.39, 0.29) is 11.4 Å². The van der Waals surface area contributed by atoms with Crippen molar-refractivity contribution in [2.45, 2.75) is 31.7 Å². The van der Waals surface area contributed by atoms with Crippen molar-refractivity contribution in [1.82, 2.24) is 14.8 Å². The van der Waals surface area contributed by atoms with Gasteiger partial charge < -0.3 is 5.11 Å². The number of carboxylic acid groups (broad SMARTS) is 1. The van der Waals surface area contributed by atoms with Gasteiger partial charge in [0.25, 0.3) is 0 Å². The van der Waals surface area contributed by atoms with Gasteiger partial charge in [0.1, 0.15) is 5.82 Å². The van der Waals surface area contributed by atoms with Gasteiger partial charge in [0.15, 0.2) is 0 Å². The van der Waals surface area contributed by atoms with E-state index in [9.17, 15) is 14.3 Å². The molecule has 3 aromatic rings. The van der Waals surface area contributed by atoms with Crippen LogP contribution >= 0.6 is 0 Å². The Hall–Kier alpha value is -2.76. The highest BCUT2D eigenvalue weighted by Crippen LogP contribution is 2.35. The molecule has 0 atom stereocenters. The molecule has 1 N–H and O–H groups in total. The second-order valence-corrected chi connectivity index (χ2v) is 6.15. The fourth-order valence-corrected chi connectivity index (χ4v) is 3.17. The minimum absolute atomic E-state index is 0.202. The van der Waals surface area contributed by atoms with Crippen molar-refractivity contribution in [1.29, 1.82) is 0 Å². The zero-order valence-electron chi connectivity index (χ0n) is 12.9. The SMILES string of the molecule is O=C(O)c1ccncc1Cc1nn(C2CCC2)c2ccc(F)cc12. The second-order valence-electron chi connectivity index (χ2n) is 6.15. The van der Waals surface area contributed by atoms with Crippen LogP contribution in [0.15, 0.2) is 36.7 Å². The third-order valence-electron chi connectivity index (χ3n) is 4.66. The molecule has 0 radical (unpaired) electrons. The lowest BCUT2D eigenvalue weighted by Gasteiger charge is -2.26. The Bertz CT molecular complexity index is 931. The van der Waals surface area contributed by atoms with Gasteiger partial charge in [-0.05, 0) is 49.1 Å². The largest absolute Gasteiger partial charge is 0.478 e. The summed E-state index contributed by atoms with van der Waals surface area (Å²) in [5.41, 5.74) is 2.37. The Kier molecular flexibility index (Phi) is 3.52. The number of pyridine rings is 1. The summed E-state index contributed by atoms with van der Waals surface area (Å²) >= 11 is 0. The van der Waals surface area contributed by atoms with Crippen LogP contribution in [0.1, 0.15) is 46.9 Å². The number of fused-ring (bicyclic) bond motifs is 1. The van der Waals surface area contributed by atoms with Crippen molar-refractivity contribution in [3.63, 3.8) is 0 Å². The molecule has 0 bridgehead atoms. The van der Waals surface area contributed by atoms with Gasteiger partial charge in [-0.3, -0.25) is 9.67 Å². The van der Waals surface area contributed by atoms with Crippen LogP contribution in [-0.4, -0.2) is 25.8 Å². The lowest BCUT2D eigenvalue weighted by molar-refractivity contribution is 0.0695. The predicted molar refractivity (Wildman–Crippen MR) is 86.6 cm³/mol. The van der Waals surface area contributed by atoms with Crippen molar-refractivity contribution >= 4 is 16.9 Å². The van der Waals surface area contributed by atoms with E-state index in [1.54, 1.807) is 6.07 Å². The Labute approximate surface area is 137 Å². The Balaban J connectivity index is 1.82. The van der Waals surface area contributed by atoms with E-state index in [1.807, 2.05) is 4.68 Å². The first-order chi connectivity index (χ1) is 11.6. The van der Waals surface area contributed by atoms with Gasteiger partial charge >= 0.3 is 5.97 Å². The summed E-state index contributed by atoms with van der Waals surface area (Å²) in [6.45, 7) is 0. The fourth-order valence-electron chi connectivity index (χ4n) is 3.17. The van der Waals surface area contributed by atoms with Gasteiger partial charge in [0, 0.05) is 24.2 Å². The average molecular weight is 325 g/mol. The molecule has 0 saturated heterocycles. The number of rotatable bonds is 4.